The van der Waals surface area contributed by atoms with Crippen molar-refractivity contribution in [2.24, 2.45) is 0 Å². The molecule has 0 fully saturated rings. The third kappa shape index (κ3) is 5.71. The second kappa shape index (κ2) is 10.8. The van der Waals surface area contributed by atoms with Gasteiger partial charge in [0.2, 0.25) is 5.91 Å². The number of carbonyl (C=O) groups excluding carboxylic acids is 2. The van der Waals surface area contributed by atoms with Crippen LogP contribution in [0, 0.1) is 13.8 Å². The van der Waals surface area contributed by atoms with Crippen LogP contribution in [-0.4, -0.2) is 32.3 Å². The van der Waals surface area contributed by atoms with Crippen molar-refractivity contribution in [3.63, 3.8) is 0 Å². The maximum absolute atomic E-state index is 12.7. The summed E-state index contributed by atoms with van der Waals surface area (Å²) in [6.07, 6.45) is 1.65. The zero-order valence-electron chi connectivity index (χ0n) is 19.0. The molecule has 8 heteroatoms. The van der Waals surface area contributed by atoms with Gasteiger partial charge in [0.05, 0.1) is 22.7 Å². The number of aryl methyl sites for hydroxylation is 2. The van der Waals surface area contributed by atoms with Crippen LogP contribution in [-0.2, 0) is 11.3 Å². The monoisotopic (exact) mass is 471 g/mol. The molecule has 0 spiro atoms. The lowest BCUT2D eigenvalue weighted by molar-refractivity contribution is -0.113. The number of para-hydroxylation sites is 1. The zero-order chi connectivity index (χ0) is 23.9. The fraction of sp³-hybridized carbons (Fsp3) is 0.154. The predicted molar refractivity (Wildman–Crippen MR) is 134 cm³/mol. The molecule has 1 heterocycles. The first-order valence-electron chi connectivity index (χ1n) is 10.8. The number of nitrogens with one attached hydrogen (secondary N) is 2. The molecule has 0 unspecified atom stereocenters. The van der Waals surface area contributed by atoms with Crippen molar-refractivity contribution in [2.75, 3.05) is 11.1 Å². The SMILES string of the molecule is Cc1ccc(C)c(-n2cnnc2SCC(=O)Nc2ccccc2C(=O)NCc2ccccc2)c1. The van der Waals surface area contributed by atoms with E-state index in [4.69, 9.17) is 0 Å². The maximum atomic E-state index is 12.7. The average Bonchev–Trinajstić information content (AvgIpc) is 3.32. The molecular formula is C26H25N5O2S. The van der Waals surface area contributed by atoms with E-state index in [-0.39, 0.29) is 17.6 Å². The largest absolute Gasteiger partial charge is 0.348 e. The number of nitrogens with zero attached hydrogens (tertiary/aromatic N) is 3. The minimum absolute atomic E-state index is 0.128. The van der Waals surface area contributed by atoms with Gasteiger partial charge in [0.1, 0.15) is 6.33 Å². The summed E-state index contributed by atoms with van der Waals surface area (Å²) < 4.78 is 1.88. The number of thioether (sulfide) groups is 1. The molecule has 0 aliphatic rings. The van der Waals surface area contributed by atoms with Crippen LogP contribution >= 0.6 is 11.8 Å². The highest BCUT2D eigenvalue weighted by molar-refractivity contribution is 7.99. The van der Waals surface area contributed by atoms with E-state index in [0.29, 0.717) is 23.0 Å². The minimum atomic E-state index is -0.248. The molecule has 7 nitrogen and oxygen atoms in total. The van der Waals surface area contributed by atoms with Gasteiger partial charge < -0.3 is 10.6 Å². The highest BCUT2D eigenvalue weighted by Gasteiger charge is 2.15. The van der Waals surface area contributed by atoms with E-state index in [1.54, 1.807) is 30.6 Å². The Kier molecular flexibility index (Phi) is 7.39. The quantitative estimate of drug-likeness (QED) is 0.368. The van der Waals surface area contributed by atoms with Gasteiger partial charge in [-0.2, -0.15) is 0 Å². The van der Waals surface area contributed by atoms with Gasteiger partial charge in [0.25, 0.3) is 5.91 Å². The first-order valence-corrected chi connectivity index (χ1v) is 11.8. The van der Waals surface area contributed by atoms with Crippen LogP contribution in [0.1, 0.15) is 27.0 Å². The van der Waals surface area contributed by atoms with Crippen molar-refractivity contribution in [3.05, 3.63) is 101 Å². The Balaban J connectivity index is 1.40. The Labute approximate surface area is 202 Å². The first-order chi connectivity index (χ1) is 16.5. The van der Waals surface area contributed by atoms with Crippen LogP contribution in [0.4, 0.5) is 5.69 Å². The summed E-state index contributed by atoms with van der Waals surface area (Å²) in [5.41, 5.74) is 5.08. The van der Waals surface area contributed by atoms with Gasteiger partial charge in [-0.05, 0) is 48.7 Å². The van der Waals surface area contributed by atoms with Crippen LogP contribution < -0.4 is 10.6 Å². The van der Waals surface area contributed by atoms with Crippen LogP contribution in [0.3, 0.4) is 0 Å². The summed E-state index contributed by atoms with van der Waals surface area (Å²) in [6, 6.07) is 22.8. The first kappa shape index (κ1) is 23.3. The third-order valence-corrected chi connectivity index (χ3v) is 6.16. The molecule has 4 aromatic rings. The van der Waals surface area contributed by atoms with Gasteiger partial charge >= 0.3 is 0 Å². The second-order valence-electron chi connectivity index (χ2n) is 7.82. The molecule has 0 aliphatic carbocycles. The molecule has 0 saturated carbocycles. The van der Waals surface area contributed by atoms with E-state index >= 15 is 0 Å². The van der Waals surface area contributed by atoms with Crippen LogP contribution in [0.15, 0.2) is 84.3 Å². The van der Waals surface area contributed by atoms with E-state index in [0.717, 1.165) is 22.4 Å². The molecule has 1 aromatic heterocycles. The van der Waals surface area contributed by atoms with Crippen molar-refractivity contribution in [2.45, 2.75) is 25.5 Å². The number of anilines is 1. The number of benzene rings is 3. The smallest absolute Gasteiger partial charge is 0.253 e. The Morgan fingerprint density at radius 3 is 2.56 bits per heavy atom. The molecule has 3 aromatic carbocycles. The molecular weight excluding hydrogens is 446 g/mol. The van der Waals surface area contributed by atoms with Gasteiger partial charge in [0.15, 0.2) is 5.16 Å². The summed E-state index contributed by atoms with van der Waals surface area (Å²) in [5.74, 6) is -0.352. The number of hydrogen-bond acceptors (Lipinski definition) is 5. The normalized spacial score (nSPS) is 10.6. The summed E-state index contributed by atoms with van der Waals surface area (Å²) >= 11 is 1.29. The van der Waals surface area contributed by atoms with Crippen molar-refractivity contribution >= 4 is 29.3 Å². The topological polar surface area (TPSA) is 88.9 Å². The number of aromatic nitrogens is 3. The van der Waals surface area contributed by atoms with Gasteiger partial charge in [-0.15, -0.1) is 10.2 Å². The molecule has 0 saturated heterocycles. The summed E-state index contributed by atoms with van der Waals surface area (Å²) in [5, 5.41) is 14.6. The fourth-order valence-corrected chi connectivity index (χ4v) is 4.17. The molecule has 4 rings (SSSR count). The van der Waals surface area contributed by atoms with Gasteiger partial charge in [-0.1, -0.05) is 66.4 Å². The van der Waals surface area contributed by atoms with Crippen molar-refractivity contribution < 1.29 is 9.59 Å². The van der Waals surface area contributed by atoms with Gasteiger partial charge in [0, 0.05) is 6.54 Å². The molecule has 2 amide bonds. The Hall–Kier alpha value is -3.91. The summed E-state index contributed by atoms with van der Waals surface area (Å²) in [7, 11) is 0. The van der Waals surface area contributed by atoms with Crippen molar-refractivity contribution in [1.82, 2.24) is 20.1 Å². The van der Waals surface area contributed by atoms with Crippen molar-refractivity contribution in [3.8, 4) is 5.69 Å². The lowest BCUT2D eigenvalue weighted by Gasteiger charge is -2.12. The van der Waals surface area contributed by atoms with Crippen LogP contribution in [0.25, 0.3) is 5.69 Å². The Morgan fingerprint density at radius 2 is 1.74 bits per heavy atom. The van der Waals surface area contributed by atoms with Gasteiger partial charge in [-0.3, -0.25) is 14.2 Å². The minimum Gasteiger partial charge on any atom is -0.348 e. The number of rotatable bonds is 8. The Bertz CT molecular complexity index is 1300. The molecule has 172 valence electrons. The van der Waals surface area contributed by atoms with E-state index in [2.05, 4.69) is 33.0 Å². The lowest BCUT2D eigenvalue weighted by atomic mass is 10.1. The number of amides is 2. The van der Waals surface area contributed by atoms with E-state index in [9.17, 15) is 9.59 Å². The second-order valence-corrected chi connectivity index (χ2v) is 8.77. The molecule has 2 N–H and O–H groups in total. The van der Waals surface area contributed by atoms with Crippen LogP contribution in [0.5, 0.6) is 0 Å². The molecule has 0 atom stereocenters. The predicted octanol–water partition coefficient (Wildman–Crippen LogP) is 4.54. The summed E-state index contributed by atoms with van der Waals surface area (Å²) in [6.45, 7) is 4.46. The lowest BCUT2D eigenvalue weighted by Crippen LogP contribution is -2.25. The number of carbonyl (C=O) groups is 2. The number of hydrogen-bond donors (Lipinski definition) is 2. The maximum Gasteiger partial charge on any atom is 0.253 e. The van der Waals surface area contributed by atoms with Crippen molar-refractivity contribution in [1.29, 1.82) is 0 Å². The van der Waals surface area contributed by atoms with E-state index in [1.807, 2.05) is 54.8 Å². The molecule has 0 radical (unpaired) electrons. The highest BCUT2D eigenvalue weighted by Crippen LogP contribution is 2.23. The van der Waals surface area contributed by atoms with Crippen LogP contribution in [0.2, 0.25) is 0 Å². The molecule has 0 aliphatic heterocycles. The fourth-order valence-electron chi connectivity index (χ4n) is 3.45. The molecule has 0 bridgehead atoms. The standard InChI is InChI=1S/C26H25N5O2S/c1-18-12-13-19(2)23(14-18)31-17-28-30-26(31)34-16-24(32)29-22-11-7-6-10-21(22)25(33)27-15-20-8-4-3-5-9-20/h3-14,17H,15-16H2,1-2H3,(H,27,33)(H,29,32). The highest BCUT2D eigenvalue weighted by atomic mass is 32.2. The zero-order valence-corrected chi connectivity index (χ0v) is 19.8. The van der Waals surface area contributed by atoms with E-state index in [1.165, 1.54) is 11.8 Å². The van der Waals surface area contributed by atoms with E-state index < -0.39 is 0 Å². The summed E-state index contributed by atoms with van der Waals surface area (Å²) in [4.78, 5) is 25.4. The molecule has 34 heavy (non-hydrogen) atoms. The van der Waals surface area contributed by atoms with Gasteiger partial charge in [-0.25, -0.2) is 0 Å². The average molecular weight is 472 g/mol. The Morgan fingerprint density at radius 1 is 0.971 bits per heavy atom. The third-order valence-electron chi connectivity index (χ3n) is 5.21.